The van der Waals surface area contributed by atoms with Gasteiger partial charge in [0.25, 0.3) is 0 Å². The van der Waals surface area contributed by atoms with Gasteiger partial charge in [-0.3, -0.25) is 4.79 Å². The molecule has 2 saturated carbocycles. The van der Waals surface area contributed by atoms with Crippen molar-refractivity contribution in [3.63, 3.8) is 0 Å². The summed E-state index contributed by atoms with van der Waals surface area (Å²) < 4.78 is 23.6. The van der Waals surface area contributed by atoms with Crippen molar-refractivity contribution < 1.29 is 43.5 Å². The predicted molar refractivity (Wildman–Crippen MR) is 217 cm³/mol. The van der Waals surface area contributed by atoms with Crippen LogP contribution in [0.25, 0.3) is 5.57 Å². The average molecular weight is 802 g/mol. The number of nitrogens with one attached hydrogen (secondary N) is 2. The maximum absolute atomic E-state index is 14.2. The van der Waals surface area contributed by atoms with Crippen LogP contribution < -0.4 is 15.5 Å². The molecular formula is C44H59N5O9. The highest BCUT2D eigenvalue weighted by Gasteiger charge is 2.71. The minimum Gasteiger partial charge on any atom is -0.462 e. The van der Waals surface area contributed by atoms with Crippen molar-refractivity contribution in [2.24, 2.45) is 22.7 Å². The van der Waals surface area contributed by atoms with E-state index in [9.17, 15) is 24.6 Å². The van der Waals surface area contributed by atoms with Gasteiger partial charge in [-0.1, -0.05) is 32.0 Å². The van der Waals surface area contributed by atoms with E-state index in [0.29, 0.717) is 75.5 Å². The van der Waals surface area contributed by atoms with Gasteiger partial charge in [0.05, 0.1) is 56.8 Å². The summed E-state index contributed by atoms with van der Waals surface area (Å²) in [7, 11) is 3.86. The molecule has 7 rings (SSSR count). The fourth-order valence-electron chi connectivity index (χ4n) is 10.3. The van der Waals surface area contributed by atoms with Crippen LogP contribution >= 0.6 is 0 Å². The smallest absolute Gasteiger partial charge is 0.342 e. The second kappa shape index (κ2) is 16.7. The van der Waals surface area contributed by atoms with E-state index in [0.717, 1.165) is 5.69 Å². The van der Waals surface area contributed by atoms with E-state index in [2.05, 4.69) is 22.5 Å². The zero-order valence-corrected chi connectivity index (χ0v) is 34.5. The van der Waals surface area contributed by atoms with Gasteiger partial charge in [0.1, 0.15) is 22.8 Å². The molecular weight excluding hydrogens is 743 g/mol. The lowest BCUT2D eigenvalue weighted by Gasteiger charge is -2.63. The number of aliphatic hydroxyl groups is 2. The van der Waals surface area contributed by atoms with Crippen LogP contribution in [0.2, 0.25) is 0 Å². The zero-order valence-electron chi connectivity index (χ0n) is 34.5. The number of hydrogen-bond acceptors (Lipinski definition) is 13. The normalized spacial score (nSPS) is 32.4. The minimum absolute atomic E-state index is 0.0146. The summed E-state index contributed by atoms with van der Waals surface area (Å²) in [6.45, 7) is 10.2. The van der Waals surface area contributed by atoms with Gasteiger partial charge in [0, 0.05) is 50.5 Å². The number of nitrogens with zero attached hydrogens (tertiary/aromatic N) is 3. The molecule has 2 aliphatic carbocycles. The van der Waals surface area contributed by atoms with Crippen molar-refractivity contribution in [3.8, 4) is 0 Å². The highest BCUT2D eigenvalue weighted by molar-refractivity contribution is 6.19. The fraction of sp³-hybridized carbons (Fsp3) is 0.591. The van der Waals surface area contributed by atoms with E-state index in [1.54, 1.807) is 19.2 Å². The topological polar surface area (TPSA) is 175 Å². The van der Waals surface area contributed by atoms with Gasteiger partial charge in [-0.05, 0) is 92.7 Å². The second-order valence-electron chi connectivity index (χ2n) is 17.2. The molecule has 1 aromatic heterocycles. The van der Waals surface area contributed by atoms with E-state index >= 15 is 0 Å². The van der Waals surface area contributed by atoms with Gasteiger partial charge in [-0.15, -0.1) is 0 Å². The Morgan fingerprint density at radius 2 is 1.84 bits per heavy atom. The second-order valence-corrected chi connectivity index (χ2v) is 17.2. The maximum Gasteiger partial charge on any atom is 0.342 e. The Morgan fingerprint density at radius 1 is 1.12 bits per heavy atom. The number of aliphatic hydroxyl groups excluding tert-OH is 2. The summed E-state index contributed by atoms with van der Waals surface area (Å²) in [6.07, 6.45) is 4.70. The first kappa shape index (κ1) is 41.8. The van der Waals surface area contributed by atoms with Gasteiger partial charge in [-0.25, -0.2) is 14.6 Å². The third-order valence-electron chi connectivity index (χ3n) is 13.7. The number of pyridine rings is 1. The molecule has 2 aromatic rings. The van der Waals surface area contributed by atoms with Crippen LogP contribution in [0.5, 0.6) is 0 Å². The number of rotatable bonds is 13. The number of carbonyl (C=O) groups is 3. The number of carbonyl (C=O) groups excluding carboxylic acids is 3. The molecule has 5 aliphatic rings. The molecule has 0 bridgehead atoms. The molecule has 314 valence electrons. The lowest BCUT2D eigenvalue weighted by atomic mass is 9.43. The molecule has 4 N–H and O–H groups in total. The van der Waals surface area contributed by atoms with Crippen molar-refractivity contribution in [1.82, 2.24) is 15.2 Å². The number of esters is 2. The van der Waals surface area contributed by atoms with Crippen molar-refractivity contribution in [2.75, 3.05) is 70.4 Å². The molecule has 0 radical (unpaired) electrons. The maximum atomic E-state index is 14.2. The monoisotopic (exact) mass is 801 g/mol. The number of aromatic nitrogens is 1. The summed E-state index contributed by atoms with van der Waals surface area (Å²) in [4.78, 5) is 49.9. The largest absolute Gasteiger partial charge is 0.462 e. The number of epoxide rings is 1. The number of cyclic esters (lactones) is 1. The number of allylic oxidation sites excluding steroid dienone is 1. The Morgan fingerprint density at radius 3 is 2.47 bits per heavy atom. The van der Waals surface area contributed by atoms with Gasteiger partial charge < -0.3 is 49.6 Å². The number of amides is 1. The molecule has 9 atom stereocenters. The first-order valence-corrected chi connectivity index (χ1v) is 20.6. The van der Waals surface area contributed by atoms with E-state index < -0.39 is 46.6 Å². The van der Waals surface area contributed by atoms with E-state index in [1.807, 2.05) is 80.2 Å². The Hall–Kier alpha value is -4.34. The van der Waals surface area contributed by atoms with Crippen molar-refractivity contribution in [1.29, 1.82) is 0 Å². The molecule has 2 saturated heterocycles. The first-order valence-electron chi connectivity index (χ1n) is 20.6. The number of benzene rings is 1. The Labute approximate surface area is 340 Å². The third-order valence-corrected chi connectivity index (χ3v) is 13.7. The molecule has 6 unspecified atom stereocenters. The van der Waals surface area contributed by atoms with Crippen LogP contribution in [-0.2, 0) is 33.3 Å². The van der Waals surface area contributed by atoms with Crippen molar-refractivity contribution in [3.05, 3.63) is 71.6 Å². The molecule has 58 heavy (non-hydrogen) atoms. The number of anilines is 2. The van der Waals surface area contributed by atoms with E-state index in [1.165, 1.54) is 0 Å². The lowest BCUT2D eigenvalue weighted by Crippen LogP contribution is -2.68. The minimum atomic E-state index is -0.832. The standard InChI is InChI=1S/C44H59N5O9/c1-7-56-41(54)38(28-11-13-29(14-12-28)48(5)6)32-22-30(40(53)58-32)31(47-37-10-8-9-17-45-37)23-34-42(3)16-15-36(51)43(4,25-50)33(42)24-35(44(34)26-57-44)46-27(2)39(52)49-18-20-55-21-19-49/h8-14,17,22,27,31,33-36,46,50-51H,7,15-16,18-21,23-26H2,1-6H3,(H,45,47)/b38-32-/t27?,31?,33?,34?,35?,36-,42+,43+,44?/m1/s1. The molecule has 1 aromatic carbocycles. The summed E-state index contributed by atoms with van der Waals surface area (Å²) in [6, 6.07) is 11.4. The SMILES string of the molecule is CCOC(=O)/C(=C1/C=C(C(CC2C3(CO3)C(NC(C)C(=O)N3CCOCC3)CC3[C@]2(C)CC[C@@H](O)[C@@]3(C)CO)Nc2ccccn2)C(=O)O1)c1ccc(N(C)C)cc1. The number of ether oxygens (including phenoxy) is 4. The van der Waals surface area contributed by atoms with Crippen molar-refractivity contribution >= 4 is 34.9 Å². The van der Waals surface area contributed by atoms with Crippen LogP contribution in [0.4, 0.5) is 11.5 Å². The molecule has 3 aliphatic heterocycles. The lowest BCUT2D eigenvalue weighted by molar-refractivity contribution is -0.184. The van der Waals surface area contributed by atoms with E-state index in [-0.39, 0.29) is 48.3 Å². The van der Waals surface area contributed by atoms with Crippen LogP contribution in [0, 0.1) is 22.7 Å². The third kappa shape index (κ3) is 7.77. The van der Waals surface area contributed by atoms with Crippen LogP contribution in [-0.4, -0.2) is 128 Å². The van der Waals surface area contributed by atoms with E-state index in [4.69, 9.17) is 18.9 Å². The highest BCUT2D eigenvalue weighted by Crippen LogP contribution is 2.66. The van der Waals surface area contributed by atoms with Gasteiger partial charge >= 0.3 is 11.9 Å². The number of morpholine rings is 1. The summed E-state index contributed by atoms with van der Waals surface area (Å²) in [5.41, 5.74) is -0.0614. The summed E-state index contributed by atoms with van der Waals surface area (Å²) in [5.74, 6) is -0.986. The first-order chi connectivity index (χ1) is 27.8. The van der Waals surface area contributed by atoms with Gasteiger partial charge in [0.2, 0.25) is 5.91 Å². The van der Waals surface area contributed by atoms with Crippen molar-refractivity contribution in [2.45, 2.75) is 83.2 Å². The average Bonchev–Trinajstić information content (AvgIpc) is 3.93. The molecule has 14 nitrogen and oxygen atoms in total. The molecule has 1 amide bonds. The predicted octanol–water partition coefficient (Wildman–Crippen LogP) is 3.55. The Bertz CT molecular complexity index is 1890. The fourth-order valence-corrected chi connectivity index (χ4v) is 10.3. The van der Waals surface area contributed by atoms with Gasteiger partial charge in [-0.2, -0.15) is 0 Å². The Balaban J connectivity index is 1.30. The molecule has 14 heteroatoms. The quantitative estimate of drug-likeness (QED) is 0.132. The highest BCUT2D eigenvalue weighted by atomic mass is 16.6. The molecule has 4 heterocycles. The van der Waals surface area contributed by atoms with Crippen LogP contribution in [0.3, 0.4) is 0 Å². The van der Waals surface area contributed by atoms with Gasteiger partial charge in [0.15, 0.2) is 0 Å². The summed E-state index contributed by atoms with van der Waals surface area (Å²) in [5, 5.41) is 29.7. The van der Waals surface area contributed by atoms with Crippen LogP contribution in [0.15, 0.2) is 66.1 Å². The Kier molecular flexibility index (Phi) is 12.1. The number of hydrogen-bond donors (Lipinski definition) is 4. The number of fused-ring (bicyclic) bond motifs is 1. The molecule has 4 fully saturated rings. The zero-order chi connectivity index (χ0) is 41.4. The van der Waals surface area contributed by atoms with Crippen LogP contribution in [0.1, 0.15) is 58.9 Å². The molecule has 1 spiro atoms. The summed E-state index contributed by atoms with van der Waals surface area (Å²) >= 11 is 0.